The highest BCUT2D eigenvalue weighted by Crippen LogP contribution is 2.30. The molecule has 0 amide bonds. The molecule has 0 unspecified atom stereocenters. The Morgan fingerprint density at radius 1 is 0.929 bits per heavy atom. The van der Waals surface area contributed by atoms with Gasteiger partial charge in [-0.1, -0.05) is 0 Å². The zero-order valence-corrected chi connectivity index (χ0v) is 11.5. The van der Waals surface area contributed by atoms with Crippen molar-refractivity contribution in [2.24, 2.45) is 0 Å². The van der Waals surface area contributed by atoms with Crippen LogP contribution in [0.15, 0.2) is 0 Å². The molecule has 0 spiro atoms. The maximum absolute atomic E-state index is 6.28. The van der Waals surface area contributed by atoms with Crippen LogP contribution in [0.5, 0.6) is 0 Å². The third kappa shape index (κ3) is 3.51. The monoisotopic (exact) mass is 240 g/mol. The molecule has 0 aliphatic rings. The zero-order valence-electron chi connectivity index (χ0n) is 9.72. The minimum absolute atomic E-state index is 0.558. The predicted molar refractivity (Wildman–Crippen MR) is 60.6 cm³/mol. The van der Waals surface area contributed by atoms with E-state index in [-0.39, 0.29) is 0 Å². The first-order valence-electron chi connectivity index (χ1n) is 5.04. The molecule has 0 N–H and O–H groups in total. The Morgan fingerprint density at radius 3 is 1.36 bits per heavy atom. The highest BCUT2D eigenvalue weighted by atomic mass is 35.5. The maximum Gasteiger partial charge on any atom is 0.522 e. The molecule has 86 valence electrons. The van der Waals surface area contributed by atoms with Crippen molar-refractivity contribution in [2.45, 2.75) is 39.1 Å². The van der Waals surface area contributed by atoms with E-state index in [0.717, 1.165) is 0 Å². The summed E-state index contributed by atoms with van der Waals surface area (Å²) in [6.45, 7) is 11.2. The lowest BCUT2D eigenvalue weighted by Crippen LogP contribution is -2.59. The van der Waals surface area contributed by atoms with Gasteiger partial charge in [0.1, 0.15) is 4.50 Å². The molecule has 14 heavy (non-hydrogen) atoms. The summed E-state index contributed by atoms with van der Waals surface area (Å²) in [7, 11) is -2.73. The molecular formula is C9H21ClO3Si. The fourth-order valence-electron chi connectivity index (χ4n) is 1.21. The Morgan fingerprint density at radius 2 is 1.21 bits per heavy atom. The van der Waals surface area contributed by atoms with Gasteiger partial charge in [-0.3, -0.25) is 0 Å². The second kappa shape index (κ2) is 6.08. The lowest BCUT2D eigenvalue weighted by molar-refractivity contribution is 0.0605. The molecule has 0 saturated carbocycles. The van der Waals surface area contributed by atoms with Crippen LogP contribution in [0, 0.1) is 0 Å². The molecule has 0 fully saturated rings. The van der Waals surface area contributed by atoms with E-state index in [1.165, 1.54) is 0 Å². The highest BCUT2D eigenvalue weighted by Gasteiger charge is 2.54. The van der Waals surface area contributed by atoms with Gasteiger partial charge in [-0.25, -0.2) is 0 Å². The van der Waals surface area contributed by atoms with E-state index >= 15 is 0 Å². The Kier molecular flexibility index (Phi) is 6.24. The van der Waals surface area contributed by atoms with Crippen LogP contribution in [0.25, 0.3) is 0 Å². The van der Waals surface area contributed by atoms with Gasteiger partial charge in [0.2, 0.25) is 0 Å². The Bertz CT molecular complexity index is 142. The van der Waals surface area contributed by atoms with Crippen LogP contribution in [-0.2, 0) is 13.3 Å². The molecule has 0 saturated heterocycles. The van der Waals surface area contributed by atoms with Crippen LogP contribution in [0.1, 0.15) is 34.6 Å². The summed E-state index contributed by atoms with van der Waals surface area (Å²) in [6, 6.07) is 0. The molecular weight excluding hydrogens is 220 g/mol. The van der Waals surface area contributed by atoms with E-state index in [1.807, 2.05) is 34.6 Å². The van der Waals surface area contributed by atoms with E-state index in [0.29, 0.717) is 19.8 Å². The number of hydrogen-bond donors (Lipinski definition) is 0. The van der Waals surface area contributed by atoms with Crippen LogP contribution in [0.3, 0.4) is 0 Å². The molecule has 0 aromatic carbocycles. The molecule has 0 bridgehead atoms. The molecule has 0 heterocycles. The number of halogens is 1. The molecule has 5 heteroatoms. The van der Waals surface area contributed by atoms with E-state index in [9.17, 15) is 0 Å². The van der Waals surface area contributed by atoms with E-state index in [1.54, 1.807) is 0 Å². The van der Waals surface area contributed by atoms with Gasteiger partial charge < -0.3 is 13.3 Å². The van der Waals surface area contributed by atoms with Crippen LogP contribution >= 0.6 is 11.6 Å². The van der Waals surface area contributed by atoms with Crippen LogP contribution < -0.4 is 0 Å². The van der Waals surface area contributed by atoms with Gasteiger partial charge in [-0.05, 0) is 34.6 Å². The lowest BCUT2D eigenvalue weighted by Gasteiger charge is -2.36. The molecule has 0 aromatic rings. The van der Waals surface area contributed by atoms with E-state index in [4.69, 9.17) is 24.9 Å². The Hall–Kier alpha value is 0.387. The first-order chi connectivity index (χ1) is 6.43. The number of rotatable bonds is 7. The number of alkyl halides is 1. The lowest BCUT2D eigenvalue weighted by atomic mass is 10.5. The van der Waals surface area contributed by atoms with Gasteiger partial charge in [-0.2, -0.15) is 0 Å². The van der Waals surface area contributed by atoms with Crippen molar-refractivity contribution in [1.29, 1.82) is 0 Å². The topological polar surface area (TPSA) is 27.7 Å². The Labute approximate surface area is 93.1 Å². The SMILES string of the molecule is CCO[Si](OCC)(OCC)C(C)(C)Cl. The molecule has 0 rings (SSSR count). The third-order valence-electron chi connectivity index (χ3n) is 1.73. The van der Waals surface area contributed by atoms with Gasteiger partial charge >= 0.3 is 8.80 Å². The second-order valence-electron chi connectivity index (χ2n) is 3.33. The summed E-state index contributed by atoms with van der Waals surface area (Å²) in [5.41, 5.74) is 0. The van der Waals surface area contributed by atoms with Crippen molar-refractivity contribution in [3.05, 3.63) is 0 Å². The number of hydrogen-bond acceptors (Lipinski definition) is 3. The smallest absolute Gasteiger partial charge is 0.373 e. The standard InChI is InChI=1S/C9H21ClO3Si/c1-6-11-14(12-7-2,13-8-3)9(4,5)10/h6-8H2,1-5H3. The summed E-state index contributed by atoms with van der Waals surface area (Å²) in [6.07, 6.45) is 0. The minimum Gasteiger partial charge on any atom is -0.373 e. The summed E-state index contributed by atoms with van der Waals surface area (Å²) in [5.74, 6) is 0. The van der Waals surface area contributed by atoms with E-state index in [2.05, 4.69) is 0 Å². The average molecular weight is 241 g/mol. The average Bonchev–Trinajstić information content (AvgIpc) is 2.03. The van der Waals surface area contributed by atoms with Crippen molar-refractivity contribution < 1.29 is 13.3 Å². The maximum atomic E-state index is 6.28. The first kappa shape index (κ1) is 14.4. The second-order valence-corrected chi connectivity index (χ2v) is 7.82. The molecule has 0 aliphatic carbocycles. The fraction of sp³-hybridized carbons (Fsp3) is 1.00. The normalized spacial score (nSPS) is 13.3. The van der Waals surface area contributed by atoms with Crippen molar-refractivity contribution in [2.75, 3.05) is 19.8 Å². The third-order valence-corrected chi connectivity index (χ3v) is 5.89. The first-order valence-corrected chi connectivity index (χ1v) is 7.14. The summed E-state index contributed by atoms with van der Waals surface area (Å²) >= 11 is 6.28. The van der Waals surface area contributed by atoms with Crippen molar-refractivity contribution in [3.63, 3.8) is 0 Å². The summed E-state index contributed by atoms with van der Waals surface area (Å²) in [4.78, 5) is 0. The fourth-order valence-corrected chi connectivity index (χ4v) is 4.12. The molecule has 0 aliphatic heterocycles. The largest absolute Gasteiger partial charge is 0.522 e. The van der Waals surface area contributed by atoms with Gasteiger partial charge in [0.15, 0.2) is 0 Å². The highest BCUT2D eigenvalue weighted by molar-refractivity contribution is 6.73. The van der Waals surface area contributed by atoms with Crippen LogP contribution in [0.2, 0.25) is 0 Å². The van der Waals surface area contributed by atoms with Crippen molar-refractivity contribution >= 4 is 20.4 Å². The summed E-state index contributed by atoms with van der Waals surface area (Å²) in [5, 5.41) is 0. The zero-order chi connectivity index (χ0) is 11.2. The molecule has 0 atom stereocenters. The van der Waals surface area contributed by atoms with Crippen molar-refractivity contribution in [1.82, 2.24) is 0 Å². The summed E-state index contributed by atoms with van der Waals surface area (Å²) < 4.78 is 16.3. The van der Waals surface area contributed by atoms with Gasteiger partial charge in [0.25, 0.3) is 0 Å². The van der Waals surface area contributed by atoms with Gasteiger partial charge in [-0.15, -0.1) is 11.6 Å². The molecule has 0 aromatic heterocycles. The van der Waals surface area contributed by atoms with Gasteiger partial charge in [0.05, 0.1) is 0 Å². The van der Waals surface area contributed by atoms with Crippen LogP contribution in [0.4, 0.5) is 0 Å². The molecule has 3 nitrogen and oxygen atoms in total. The van der Waals surface area contributed by atoms with E-state index < -0.39 is 13.3 Å². The minimum atomic E-state index is -2.73. The van der Waals surface area contributed by atoms with Crippen LogP contribution in [-0.4, -0.2) is 33.1 Å². The quantitative estimate of drug-likeness (QED) is 0.506. The predicted octanol–water partition coefficient (Wildman–Crippen LogP) is 2.59. The van der Waals surface area contributed by atoms with Crippen molar-refractivity contribution in [3.8, 4) is 0 Å². The van der Waals surface area contributed by atoms with Gasteiger partial charge in [0, 0.05) is 19.8 Å². The Balaban J connectivity index is 4.73. The molecule has 0 radical (unpaired) electrons.